The van der Waals surface area contributed by atoms with Gasteiger partial charge in [-0.15, -0.1) is 11.3 Å². The first kappa shape index (κ1) is 13.1. The van der Waals surface area contributed by atoms with Crippen molar-refractivity contribution < 1.29 is 4.79 Å². The van der Waals surface area contributed by atoms with Gasteiger partial charge in [-0.1, -0.05) is 13.8 Å². The van der Waals surface area contributed by atoms with Gasteiger partial charge in [0.25, 0.3) is 5.91 Å². The van der Waals surface area contributed by atoms with Crippen LogP contribution in [0.15, 0.2) is 15.9 Å². The van der Waals surface area contributed by atoms with Crippen LogP contribution in [-0.4, -0.2) is 11.9 Å². The first-order chi connectivity index (χ1) is 8.08. The van der Waals surface area contributed by atoms with Gasteiger partial charge in [0.1, 0.15) is 4.88 Å². The van der Waals surface area contributed by atoms with E-state index in [1.54, 1.807) is 0 Å². The summed E-state index contributed by atoms with van der Waals surface area (Å²) >= 11 is 4.90. The molecule has 2 rings (SSSR count). The highest BCUT2D eigenvalue weighted by Crippen LogP contribution is 2.29. The molecule has 1 heterocycles. The molecule has 0 radical (unpaired) electrons. The number of hydrogen-bond acceptors (Lipinski definition) is 2. The molecule has 0 aromatic carbocycles. The van der Waals surface area contributed by atoms with Gasteiger partial charge < -0.3 is 5.32 Å². The Morgan fingerprint density at radius 3 is 2.82 bits per heavy atom. The van der Waals surface area contributed by atoms with E-state index < -0.39 is 0 Å². The Labute approximate surface area is 115 Å². The average molecular weight is 316 g/mol. The molecule has 1 amide bonds. The van der Waals surface area contributed by atoms with Crippen molar-refractivity contribution in [3.63, 3.8) is 0 Å². The number of nitrogens with one attached hydrogen (secondary N) is 1. The maximum Gasteiger partial charge on any atom is 0.262 e. The van der Waals surface area contributed by atoms with Gasteiger partial charge in [0.2, 0.25) is 0 Å². The zero-order chi connectivity index (χ0) is 12.4. The van der Waals surface area contributed by atoms with Crippen molar-refractivity contribution in [3.8, 4) is 0 Å². The lowest BCUT2D eigenvalue weighted by Gasteiger charge is -2.33. The van der Waals surface area contributed by atoms with Gasteiger partial charge in [-0.3, -0.25) is 4.79 Å². The monoisotopic (exact) mass is 315 g/mol. The van der Waals surface area contributed by atoms with Crippen LogP contribution in [0.2, 0.25) is 0 Å². The molecule has 1 aromatic heterocycles. The van der Waals surface area contributed by atoms with Crippen molar-refractivity contribution in [2.75, 3.05) is 0 Å². The molecule has 3 unspecified atom stereocenters. The third kappa shape index (κ3) is 3.10. The maximum atomic E-state index is 12.1. The predicted molar refractivity (Wildman–Crippen MR) is 75.5 cm³/mol. The lowest BCUT2D eigenvalue weighted by atomic mass is 9.80. The largest absolute Gasteiger partial charge is 0.348 e. The van der Waals surface area contributed by atoms with Crippen LogP contribution in [0.4, 0.5) is 0 Å². The maximum absolute atomic E-state index is 12.1. The number of halogens is 1. The van der Waals surface area contributed by atoms with E-state index >= 15 is 0 Å². The molecule has 17 heavy (non-hydrogen) atoms. The van der Waals surface area contributed by atoms with Crippen LogP contribution in [0.1, 0.15) is 42.8 Å². The summed E-state index contributed by atoms with van der Waals surface area (Å²) in [6, 6.07) is 2.26. The topological polar surface area (TPSA) is 29.1 Å². The smallest absolute Gasteiger partial charge is 0.262 e. The van der Waals surface area contributed by atoms with Crippen LogP contribution in [-0.2, 0) is 0 Å². The summed E-state index contributed by atoms with van der Waals surface area (Å²) in [6.45, 7) is 4.54. The summed E-state index contributed by atoms with van der Waals surface area (Å²) in [4.78, 5) is 12.9. The van der Waals surface area contributed by atoms with Crippen LogP contribution in [0.5, 0.6) is 0 Å². The second kappa shape index (κ2) is 5.53. The number of carbonyl (C=O) groups excluding carboxylic acids is 1. The van der Waals surface area contributed by atoms with E-state index in [2.05, 4.69) is 35.1 Å². The number of rotatable bonds is 2. The van der Waals surface area contributed by atoms with Crippen molar-refractivity contribution in [3.05, 3.63) is 20.8 Å². The quantitative estimate of drug-likeness (QED) is 0.876. The standard InChI is InChI=1S/C13H18BrNOS/c1-8-3-4-11(9(2)7-8)15-13(16)12-10(14)5-6-17-12/h5-6,8-9,11H,3-4,7H2,1-2H3,(H,15,16). The van der Waals surface area contributed by atoms with Crippen LogP contribution < -0.4 is 5.32 Å². The highest BCUT2D eigenvalue weighted by molar-refractivity contribution is 9.10. The fraction of sp³-hybridized carbons (Fsp3) is 0.615. The van der Waals surface area contributed by atoms with E-state index in [0.717, 1.165) is 21.7 Å². The Hall–Kier alpha value is -0.350. The third-order valence-corrected chi connectivity index (χ3v) is 5.41. The predicted octanol–water partition coefficient (Wildman–Crippen LogP) is 4.07. The van der Waals surface area contributed by atoms with Crippen LogP contribution in [0.25, 0.3) is 0 Å². The molecule has 1 aliphatic carbocycles. The Morgan fingerprint density at radius 1 is 1.47 bits per heavy atom. The van der Waals surface area contributed by atoms with Gasteiger partial charge in [0, 0.05) is 10.5 Å². The summed E-state index contributed by atoms with van der Waals surface area (Å²) in [5, 5.41) is 5.11. The number of amides is 1. The van der Waals surface area contributed by atoms with E-state index in [0.29, 0.717) is 12.0 Å². The second-order valence-corrected chi connectivity index (χ2v) is 6.84. The first-order valence-corrected chi connectivity index (χ1v) is 7.79. The number of thiophene rings is 1. The minimum atomic E-state index is 0.0679. The molecule has 1 aliphatic rings. The first-order valence-electron chi connectivity index (χ1n) is 6.11. The summed E-state index contributed by atoms with van der Waals surface area (Å²) in [7, 11) is 0. The molecule has 2 nitrogen and oxygen atoms in total. The molecule has 1 N–H and O–H groups in total. The Balaban J connectivity index is 1.97. The SMILES string of the molecule is CC1CCC(NC(=O)c2sccc2Br)C(C)C1. The molecule has 3 atom stereocenters. The highest BCUT2D eigenvalue weighted by Gasteiger charge is 2.27. The Kier molecular flexibility index (Phi) is 4.26. The Bertz CT molecular complexity index is 404. The van der Waals surface area contributed by atoms with Crippen molar-refractivity contribution >= 4 is 33.2 Å². The molecule has 0 aliphatic heterocycles. The summed E-state index contributed by atoms with van der Waals surface area (Å²) in [6.07, 6.45) is 3.55. The van der Waals surface area contributed by atoms with E-state index in [1.807, 2.05) is 11.4 Å². The van der Waals surface area contributed by atoms with Crippen LogP contribution >= 0.6 is 27.3 Å². The molecule has 1 saturated carbocycles. The fourth-order valence-electron chi connectivity index (χ4n) is 2.57. The molecular weight excluding hydrogens is 298 g/mol. The number of carbonyl (C=O) groups is 1. The molecule has 94 valence electrons. The minimum absolute atomic E-state index is 0.0679. The zero-order valence-corrected chi connectivity index (χ0v) is 12.6. The minimum Gasteiger partial charge on any atom is -0.348 e. The molecule has 0 bridgehead atoms. The molecule has 1 aromatic rings. The van der Waals surface area contributed by atoms with Gasteiger partial charge in [-0.25, -0.2) is 0 Å². The van der Waals surface area contributed by atoms with E-state index in [-0.39, 0.29) is 5.91 Å². The van der Waals surface area contributed by atoms with Gasteiger partial charge in [0.05, 0.1) is 0 Å². The molecule has 0 spiro atoms. The molecular formula is C13H18BrNOS. The van der Waals surface area contributed by atoms with E-state index in [4.69, 9.17) is 0 Å². The van der Waals surface area contributed by atoms with Gasteiger partial charge >= 0.3 is 0 Å². The highest BCUT2D eigenvalue weighted by atomic mass is 79.9. The van der Waals surface area contributed by atoms with Crippen molar-refractivity contribution in [1.29, 1.82) is 0 Å². The van der Waals surface area contributed by atoms with Gasteiger partial charge in [-0.05, 0) is 58.5 Å². The molecule has 4 heteroatoms. The van der Waals surface area contributed by atoms with Gasteiger partial charge in [0.15, 0.2) is 0 Å². The van der Waals surface area contributed by atoms with Gasteiger partial charge in [-0.2, -0.15) is 0 Å². The average Bonchev–Trinajstić information content (AvgIpc) is 2.68. The second-order valence-electron chi connectivity index (χ2n) is 5.07. The lowest BCUT2D eigenvalue weighted by Crippen LogP contribution is -2.42. The number of hydrogen-bond donors (Lipinski definition) is 1. The fourth-order valence-corrected chi connectivity index (χ4v) is 4.02. The normalized spacial score (nSPS) is 29.0. The van der Waals surface area contributed by atoms with Crippen molar-refractivity contribution in [2.45, 2.75) is 39.2 Å². The van der Waals surface area contributed by atoms with Crippen LogP contribution in [0.3, 0.4) is 0 Å². The summed E-state index contributed by atoms with van der Waals surface area (Å²) in [5.41, 5.74) is 0. The molecule has 1 fully saturated rings. The van der Waals surface area contributed by atoms with E-state index in [1.165, 1.54) is 24.2 Å². The van der Waals surface area contributed by atoms with Crippen LogP contribution in [0, 0.1) is 11.8 Å². The third-order valence-electron chi connectivity index (χ3n) is 3.57. The van der Waals surface area contributed by atoms with Crippen molar-refractivity contribution in [1.82, 2.24) is 5.32 Å². The molecule has 0 saturated heterocycles. The van der Waals surface area contributed by atoms with Crippen molar-refractivity contribution in [2.24, 2.45) is 11.8 Å². The Morgan fingerprint density at radius 2 is 2.24 bits per heavy atom. The zero-order valence-electron chi connectivity index (χ0n) is 10.2. The van der Waals surface area contributed by atoms with E-state index in [9.17, 15) is 4.79 Å². The lowest BCUT2D eigenvalue weighted by molar-refractivity contribution is 0.0903. The summed E-state index contributed by atoms with van der Waals surface area (Å²) in [5.74, 6) is 1.45. The summed E-state index contributed by atoms with van der Waals surface area (Å²) < 4.78 is 0.900.